The highest BCUT2D eigenvalue weighted by atomic mass is 16.5. The molecular weight excluding hydrogens is 332 g/mol. The Labute approximate surface area is 152 Å². The number of hydrogen-bond acceptors (Lipinski definition) is 6. The van der Waals surface area contributed by atoms with Crippen LogP contribution in [0.15, 0.2) is 58.8 Å². The number of azo groups is 1. The van der Waals surface area contributed by atoms with Crippen LogP contribution in [0.5, 0.6) is 11.5 Å². The van der Waals surface area contributed by atoms with E-state index in [1.165, 1.54) is 0 Å². The van der Waals surface area contributed by atoms with E-state index in [9.17, 15) is 9.59 Å². The molecular formula is C20H22N2O4. The van der Waals surface area contributed by atoms with Crippen molar-refractivity contribution in [1.29, 1.82) is 0 Å². The van der Waals surface area contributed by atoms with Gasteiger partial charge in [-0.3, -0.25) is 9.59 Å². The van der Waals surface area contributed by atoms with Crippen molar-refractivity contribution in [3.05, 3.63) is 48.5 Å². The lowest BCUT2D eigenvalue weighted by atomic mass is 10.3. The minimum atomic E-state index is -0.275. The summed E-state index contributed by atoms with van der Waals surface area (Å²) in [5.74, 6) is 0.315. The summed E-state index contributed by atoms with van der Waals surface area (Å²) in [6, 6.07) is 13.7. The second kappa shape index (κ2) is 10.1. The Kier molecular flexibility index (Phi) is 7.49. The Morgan fingerprint density at radius 3 is 1.58 bits per heavy atom. The van der Waals surface area contributed by atoms with Crippen molar-refractivity contribution in [3.8, 4) is 11.5 Å². The third kappa shape index (κ3) is 6.47. The summed E-state index contributed by atoms with van der Waals surface area (Å²) in [5.41, 5.74) is 1.11. The summed E-state index contributed by atoms with van der Waals surface area (Å²) in [5, 5.41) is 8.28. The number of rotatable bonds is 8. The van der Waals surface area contributed by atoms with E-state index in [4.69, 9.17) is 9.47 Å². The molecule has 136 valence electrons. The van der Waals surface area contributed by atoms with Crippen LogP contribution >= 0.6 is 0 Å². The van der Waals surface area contributed by atoms with Gasteiger partial charge in [-0.05, 0) is 37.1 Å². The smallest absolute Gasteiger partial charge is 0.311 e. The van der Waals surface area contributed by atoms with Gasteiger partial charge in [-0.1, -0.05) is 26.0 Å². The fraction of sp³-hybridized carbons (Fsp3) is 0.300. The topological polar surface area (TPSA) is 77.3 Å². The van der Waals surface area contributed by atoms with Gasteiger partial charge in [0.1, 0.15) is 11.5 Å². The van der Waals surface area contributed by atoms with Gasteiger partial charge >= 0.3 is 11.9 Å². The largest absolute Gasteiger partial charge is 0.426 e. The molecule has 2 aromatic rings. The maximum Gasteiger partial charge on any atom is 0.311 e. The van der Waals surface area contributed by atoms with Crippen LogP contribution < -0.4 is 9.47 Å². The summed E-state index contributed by atoms with van der Waals surface area (Å²) in [4.78, 5) is 23.1. The van der Waals surface area contributed by atoms with Crippen molar-refractivity contribution in [3.63, 3.8) is 0 Å². The molecule has 0 fully saturated rings. The third-order valence-corrected chi connectivity index (χ3v) is 3.29. The van der Waals surface area contributed by atoms with Crippen LogP contribution in [0.4, 0.5) is 11.4 Å². The number of benzene rings is 2. The molecule has 26 heavy (non-hydrogen) atoms. The SMILES string of the molecule is CCCC(=O)Oc1cccc(N=Nc2cccc(OC(=O)CCC)c2)c1. The van der Waals surface area contributed by atoms with E-state index in [1.807, 2.05) is 13.8 Å². The normalized spacial score (nSPS) is 10.7. The molecule has 0 saturated carbocycles. The van der Waals surface area contributed by atoms with E-state index in [0.29, 0.717) is 35.7 Å². The average molecular weight is 354 g/mol. The summed E-state index contributed by atoms with van der Waals surface area (Å²) in [6.07, 6.45) is 2.21. The van der Waals surface area contributed by atoms with Crippen LogP contribution in [0.1, 0.15) is 39.5 Å². The zero-order chi connectivity index (χ0) is 18.8. The zero-order valence-electron chi connectivity index (χ0n) is 15.0. The lowest BCUT2D eigenvalue weighted by molar-refractivity contribution is -0.135. The second-order valence-corrected chi connectivity index (χ2v) is 5.64. The van der Waals surface area contributed by atoms with Gasteiger partial charge in [-0.2, -0.15) is 10.2 Å². The highest BCUT2D eigenvalue weighted by molar-refractivity contribution is 5.73. The van der Waals surface area contributed by atoms with Gasteiger partial charge in [0.25, 0.3) is 0 Å². The maximum atomic E-state index is 11.6. The molecule has 0 bridgehead atoms. The Hall–Kier alpha value is -3.02. The number of carbonyl (C=O) groups excluding carboxylic acids is 2. The molecule has 0 aliphatic carbocycles. The molecule has 6 nitrogen and oxygen atoms in total. The van der Waals surface area contributed by atoms with Gasteiger partial charge in [0.05, 0.1) is 11.4 Å². The minimum absolute atomic E-state index is 0.275. The van der Waals surface area contributed by atoms with Crippen LogP contribution in [-0.2, 0) is 9.59 Å². The predicted octanol–water partition coefficient (Wildman–Crippen LogP) is 5.51. The Balaban J connectivity index is 2.05. The third-order valence-electron chi connectivity index (χ3n) is 3.29. The van der Waals surface area contributed by atoms with E-state index in [2.05, 4.69) is 10.2 Å². The second-order valence-electron chi connectivity index (χ2n) is 5.64. The van der Waals surface area contributed by atoms with E-state index >= 15 is 0 Å². The molecule has 0 aliphatic rings. The van der Waals surface area contributed by atoms with Crippen LogP contribution in [0.25, 0.3) is 0 Å². The molecule has 0 N–H and O–H groups in total. The van der Waals surface area contributed by atoms with Crippen molar-refractivity contribution in [2.45, 2.75) is 39.5 Å². The number of nitrogens with zero attached hydrogens (tertiary/aromatic N) is 2. The van der Waals surface area contributed by atoms with E-state index in [1.54, 1.807) is 48.5 Å². The van der Waals surface area contributed by atoms with Gasteiger partial charge in [0.2, 0.25) is 0 Å². The van der Waals surface area contributed by atoms with Crippen molar-refractivity contribution >= 4 is 23.3 Å². The first kappa shape index (κ1) is 19.3. The molecule has 2 aromatic carbocycles. The number of hydrogen-bond donors (Lipinski definition) is 0. The first-order chi connectivity index (χ1) is 12.6. The first-order valence-corrected chi connectivity index (χ1v) is 8.64. The lowest BCUT2D eigenvalue weighted by Gasteiger charge is -2.04. The molecule has 0 aliphatic heterocycles. The number of ether oxygens (including phenoxy) is 2. The predicted molar refractivity (Wildman–Crippen MR) is 98.1 cm³/mol. The zero-order valence-corrected chi connectivity index (χ0v) is 15.0. The van der Waals surface area contributed by atoms with Crippen molar-refractivity contribution in [1.82, 2.24) is 0 Å². The summed E-state index contributed by atoms with van der Waals surface area (Å²) >= 11 is 0. The highest BCUT2D eigenvalue weighted by Gasteiger charge is 2.05. The minimum Gasteiger partial charge on any atom is -0.426 e. The Bertz CT molecular complexity index is 721. The summed E-state index contributed by atoms with van der Waals surface area (Å²) < 4.78 is 10.5. The first-order valence-electron chi connectivity index (χ1n) is 8.64. The maximum absolute atomic E-state index is 11.6. The van der Waals surface area contributed by atoms with Crippen molar-refractivity contribution < 1.29 is 19.1 Å². The molecule has 0 atom stereocenters. The van der Waals surface area contributed by atoms with Gasteiger partial charge in [-0.25, -0.2) is 0 Å². The van der Waals surface area contributed by atoms with E-state index < -0.39 is 0 Å². The highest BCUT2D eigenvalue weighted by Crippen LogP contribution is 2.25. The average Bonchev–Trinajstić information content (AvgIpc) is 2.61. The van der Waals surface area contributed by atoms with Crippen LogP contribution in [0.3, 0.4) is 0 Å². The molecule has 0 spiro atoms. The molecule has 6 heteroatoms. The molecule has 0 unspecified atom stereocenters. The van der Waals surface area contributed by atoms with Gasteiger partial charge in [0.15, 0.2) is 0 Å². The van der Waals surface area contributed by atoms with Crippen LogP contribution in [-0.4, -0.2) is 11.9 Å². The standard InChI is InChI=1S/C20H22N2O4/c1-3-7-19(23)25-17-11-5-9-15(13-17)21-22-16-10-6-12-18(14-16)26-20(24)8-4-2/h5-6,9-14H,3-4,7-8H2,1-2H3. The molecule has 0 aromatic heterocycles. The summed E-state index contributed by atoms with van der Waals surface area (Å²) in [7, 11) is 0. The number of carbonyl (C=O) groups is 2. The van der Waals surface area contributed by atoms with Crippen LogP contribution in [0.2, 0.25) is 0 Å². The molecule has 0 saturated heterocycles. The molecule has 0 heterocycles. The van der Waals surface area contributed by atoms with Gasteiger partial charge in [0, 0.05) is 25.0 Å². The summed E-state index contributed by atoms with van der Waals surface area (Å²) in [6.45, 7) is 3.83. The van der Waals surface area contributed by atoms with Gasteiger partial charge < -0.3 is 9.47 Å². The molecule has 2 rings (SSSR count). The van der Waals surface area contributed by atoms with Crippen molar-refractivity contribution in [2.24, 2.45) is 10.2 Å². The van der Waals surface area contributed by atoms with Crippen molar-refractivity contribution in [2.75, 3.05) is 0 Å². The fourth-order valence-electron chi connectivity index (χ4n) is 2.11. The number of esters is 2. The molecule has 0 amide bonds. The monoisotopic (exact) mass is 354 g/mol. The van der Waals surface area contributed by atoms with E-state index in [0.717, 1.165) is 12.8 Å². The van der Waals surface area contributed by atoms with Crippen LogP contribution in [0, 0.1) is 0 Å². The fourth-order valence-corrected chi connectivity index (χ4v) is 2.11. The van der Waals surface area contributed by atoms with Gasteiger partial charge in [-0.15, -0.1) is 0 Å². The lowest BCUT2D eigenvalue weighted by Crippen LogP contribution is -2.06. The van der Waals surface area contributed by atoms with E-state index in [-0.39, 0.29) is 11.9 Å². The molecule has 0 radical (unpaired) electrons. The Morgan fingerprint density at radius 1 is 0.769 bits per heavy atom. The quantitative estimate of drug-likeness (QED) is 0.355. The Morgan fingerprint density at radius 2 is 1.19 bits per heavy atom.